The molecule has 1 fully saturated rings. The van der Waals surface area contributed by atoms with E-state index < -0.39 is 13.9 Å². The van der Waals surface area contributed by atoms with E-state index in [2.05, 4.69) is 15.6 Å². The van der Waals surface area contributed by atoms with Crippen LogP contribution in [0.25, 0.3) is 0 Å². The van der Waals surface area contributed by atoms with Gasteiger partial charge in [-0.3, -0.25) is 19.2 Å². The number of para-hydroxylation sites is 1. The van der Waals surface area contributed by atoms with Crippen molar-refractivity contribution < 1.29 is 24.2 Å². The van der Waals surface area contributed by atoms with Gasteiger partial charge in [-0.15, -0.1) is 5.10 Å². The maximum Gasteiger partial charge on any atom is 0.261 e. The molecule has 0 unspecified atom stereocenters. The van der Waals surface area contributed by atoms with Crippen LogP contribution in [0.3, 0.4) is 0 Å². The standard InChI is InChI=1S/C29H35N5O5Si/c1-18-27(40(2,3)38)25(12-14-33-17-20(13-15-35)31-32-33)39-29(18)22-16-21(9-10-23(22)30-28(29)37)34-24-7-5-4-6-19(24)8-11-26(34)36/h4-7,9-10,16-18,25,27,35,38H,8,11-15H2,1-3H3,(H,30,37)/t18-,25+,27-,29+/m0/s1. The molecule has 11 heteroatoms. The second-order valence-electron chi connectivity index (χ2n) is 11.6. The molecule has 210 valence electrons. The molecule has 4 heterocycles. The maximum absolute atomic E-state index is 13.7. The van der Waals surface area contributed by atoms with Gasteiger partial charge in [0.1, 0.15) is 0 Å². The molecule has 6 rings (SSSR count). The van der Waals surface area contributed by atoms with Crippen molar-refractivity contribution in [2.45, 2.75) is 69.5 Å². The van der Waals surface area contributed by atoms with E-state index in [1.807, 2.05) is 62.5 Å². The van der Waals surface area contributed by atoms with E-state index in [9.17, 15) is 19.5 Å². The molecular formula is C29H35N5O5Si. The molecule has 2 aromatic carbocycles. The summed E-state index contributed by atoms with van der Waals surface area (Å²) in [6.07, 6.45) is 3.51. The summed E-state index contributed by atoms with van der Waals surface area (Å²) in [5, 5.41) is 20.5. The molecular weight excluding hydrogens is 526 g/mol. The average Bonchev–Trinajstić information content (AvgIpc) is 3.57. The number of hydrogen-bond donors (Lipinski definition) is 3. The number of carbonyl (C=O) groups excluding carboxylic acids is 2. The topological polar surface area (TPSA) is 130 Å². The van der Waals surface area contributed by atoms with Gasteiger partial charge in [0.2, 0.25) is 5.91 Å². The first-order valence-electron chi connectivity index (χ1n) is 13.9. The Morgan fingerprint density at radius 2 is 1.98 bits per heavy atom. The third kappa shape index (κ3) is 4.28. The Labute approximate surface area is 234 Å². The number of carbonyl (C=O) groups is 2. The minimum atomic E-state index is -2.79. The number of aromatic nitrogens is 3. The van der Waals surface area contributed by atoms with Crippen molar-refractivity contribution in [3.8, 4) is 0 Å². The van der Waals surface area contributed by atoms with Gasteiger partial charge in [-0.05, 0) is 55.8 Å². The van der Waals surface area contributed by atoms with Crippen LogP contribution in [0.5, 0.6) is 0 Å². The van der Waals surface area contributed by atoms with Gasteiger partial charge in [0, 0.05) is 60.6 Å². The number of anilines is 3. The molecule has 40 heavy (non-hydrogen) atoms. The largest absolute Gasteiger partial charge is 0.432 e. The quantitative estimate of drug-likeness (QED) is 0.378. The zero-order chi connectivity index (χ0) is 28.2. The lowest BCUT2D eigenvalue weighted by atomic mass is 9.82. The molecule has 3 aliphatic heterocycles. The second-order valence-corrected chi connectivity index (χ2v) is 15.6. The fraction of sp³-hybridized carbons (Fsp3) is 0.448. The summed E-state index contributed by atoms with van der Waals surface area (Å²) in [6, 6.07) is 13.5. The van der Waals surface area contributed by atoms with Gasteiger partial charge in [-0.2, -0.15) is 0 Å². The fourth-order valence-corrected chi connectivity index (χ4v) is 9.54. The SMILES string of the molecule is C[C@H]1[C@H]([Si](C)(C)O)[C@@H](CCn2cc(CCO)nn2)O[C@]12C(=O)Nc1ccc(N3C(=O)CCc4ccccc43)cc12. The number of ether oxygens (including phenoxy) is 1. The third-order valence-electron chi connectivity index (χ3n) is 8.67. The Morgan fingerprint density at radius 3 is 2.75 bits per heavy atom. The average molecular weight is 562 g/mol. The molecule has 3 aromatic rings. The number of amides is 2. The summed E-state index contributed by atoms with van der Waals surface area (Å²) in [5.41, 5.74) is 3.25. The summed E-state index contributed by atoms with van der Waals surface area (Å²) in [6.45, 7) is 6.29. The molecule has 3 aliphatic rings. The number of hydrogen-bond acceptors (Lipinski definition) is 7. The summed E-state index contributed by atoms with van der Waals surface area (Å²) >= 11 is 0. The van der Waals surface area contributed by atoms with Crippen LogP contribution in [0.15, 0.2) is 48.7 Å². The number of rotatable bonds is 7. The number of aryl methyl sites for hydroxylation is 2. The third-order valence-corrected chi connectivity index (χ3v) is 11.2. The van der Waals surface area contributed by atoms with E-state index in [4.69, 9.17) is 4.74 Å². The van der Waals surface area contributed by atoms with Crippen LogP contribution in [0.4, 0.5) is 17.1 Å². The van der Waals surface area contributed by atoms with Crippen molar-refractivity contribution in [1.82, 2.24) is 15.0 Å². The van der Waals surface area contributed by atoms with Gasteiger partial charge in [0.25, 0.3) is 5.91 Å². The Kier molecular flexibility index (Phi) is 6.65. The molecule has 1 aromatic heterocycles. The van der Waals surface area contributed by atoms with Crippen LogP contribution < -0.4 is 10.2 Å². The molecule has 10 nitrogen and oxygen atoms in total. The first kappa shape index (κ1) is 26.8. The second kappa shape index (κ2) is 9.91. The van der Waals surface area contributed by atoms with Crippen molar-refractivity contribution in [2.75, 3.05) is 16.8 Å². The molecule has 3 N–H and O–H groups in total. The highest BCUT2D eigenvalue weighted by molar-refractivity contribution is 6.71. The first-order chi connectivity index (χ1) is 19.1. The zero-order valence-corrected chi connectivity index (χ0v) is 24.0. The van der Waals surface area contributed by atoms with Crippen molar-refractivity contribution >= 4 is 37.2 Å². The molecule has 0 bridgehead atoms. The molecule has 4 atom stereocenters. The smallest absolute Gasteiger partial charge is 0.261 e. The number of nitrogens with one attached hydrogen (secondary N) is 1. The van der Waals surface area contributed by atoms with Crippen LogP contribution in [0, 0.1) is 5.92 Å². The molecule has 0 saturated carbocycles. The molecule has 0 aliphatic carbocycles. The number of aliphatic hydroxyl groups is 1. The number of fused-ring (bicyclic) bond motifs is 3. The molecule has 0 radical (unpaired) electrons. The van der Waals surface area contributed by atoms with Crippen LogP contribution in [-0.2, 0) is 39.3 Å². The van der Waals surface area contributed by atoms with Gasteiger partial charge in [0.15, 0.2) is 13.9 Å². The number of nitrogens with zero attached hydrogens (tertiary/aromatic N) is 4. The van der Waals surface area contributed by atoms with Crippen molar-refractivity contribution in [1.29, 1.82) is 0 Å². The lowest BCUT2D eigenvalue weighted by Crippen LogP contribution is -2.43. The molecule has 1 spiro atoms. The number of benzene rings is 2. The van der Waals surface area contributed by atoms with Gasteiger partial charge in [-0.25, -0.2) is 0 Å². The van der Waals surface area contributed by atoms with Gasteiger partial charge in [-0.1, -0.05) is 30.3 Å². The summed E-state index contributed by atoms with van der Waals surface area (Å²) in [4.78, 5) is 40.1. The molecule has 2 amide bonds. The Hall–Kier alpha value is -3.38. The van der Waals surface area contributed by atoms with Crippen LogP contribution in [-0.4, -0.2) is 57.7 Å². The van der Waals surface area contributed by atoms with Crippen molar-refractivity contribution in [3.63, 3.8) is 0 Å². The highest BCUT2D eigenvalue weighted by Crippen LogP contribution is 2.58. The Morgan fingerprint density at radius 1 is 1.18 bits per heavy atom. The summed E-state index contributed by atoms with van der Waals surface area (Å²) in [5.74, 6) is -0.529. The number of aliphatic hydroxyl groups excluding tert-OH is 1. The Balaban J connectivity index is 1.36. The van der Waals surface area contributed by atoms with E-state index in [-0.39, 0.29) is 36.0 Å². The summed E-state index contributed by atoms with van der Waals surface area (Å²) < 4.78 is 8.49. The van der Waals surface area contributed by atoms with Crippen LogP contribution >= 0.6 is 0 Å². The fourth-order valence-electron chi connectivity index (χ4n) is 6.94. The van der Waals surface area contributed by atoms with E-state index in [0.717, 1.165) is 11.3 Å². The monoisotopic (exact) mass is 561 g/mol. The van der Waals surface area contributed by atoms with Gasteiger partial charge < -0.3 is 20.0 Å². The zero-order valence-electron chi connectivity index (χ0n) is 23.0. The lowest BCUT2D eigenvalue weighted by Gasteiger charge is -2.33. The van der Waals surface area contributed by atoms with E-state index >= 15 is 0 Å². The summed E-state index contributed by atoms with van der Waals surface area (Å²) in [7, 11) is -2.79. The van der Waals surface area contributed by atoms with Crippen LogP contribution in [0.2, 0.25) is 18.6 Å². The van der Waals surface area contributed by atoms with Gasteiger partial charge in [0.05, 0.1) is 17.5 Å². The van der Waals surface area contributed by atoms with E-state index in [1.165, 1.54) is 0 Å². The van der Waals surface area contributed by atoms with Crippen molar-refractivity contribution in [2.24, 2.45) is 5.92 Å². The lowest BCUT2D eigenvalue weighted by molar-refractivity contribution is -0.143. The first-order valence-corrected chi connectivity index (χ1v) is 16.9. The predicted molar refractivity (Wildman–Crippen MR) is 152 cm³/mol. The van der Waals surface area contributed by atoms with E-state index in [1.54, 1.807) is 15.8 Å². The van der Waals surface area contributed by atoms with Gasteiger partial charge >= 0.3 is 0 Å². The predicted octanol–water partition coefficient (Wildman–Crippen LogP) is 3.26. The minimum absolute atomic E-state index is 0.00194. The Bertz CT molecular complexity index is 1470. The highest BCUT2D eigenvalue weighted by Gasteiger charge is 2.64. The highest BCUT2D eigenvalue weighted by atomic mass is 28.4. The van der Waals surface area contributed by atoms with E-state index in [0.29, 0.717) is 54.9 Å². The van der Waals surface area contributed by atoms with Crippen LogP contribution in [0.1, 0.15) is 36.6 Å². The van der Waals surface area contributed by atoms with Crippen molar-refractivity contribution in [3.05, 3.63) is 65.5 Å². The molecule has 1 saturated heterocycles. The normalized spacial score (nSPS) is 25.8. The maximum atomic E-state index is 13.7. The minimum Gasteiger partial charge on any atom is -0.432 e.